The van der Waals surface area contributed by atoms with Crippen LogP contribution in [0, 0.1) is 6.92 Å². The molecule has 1 aromatic carbocycles. The molecule has 4 rings (SSSR count). The molecule has 0 aliphatic rings. The second kappa shape index (κ2) is 5.51. The maximum atomic E-state index is 5.92. The van der Waals surface area contributed by atoms with Gasteiger partial charge in [-0.25, -0.2) is 0 Å². The van der Waals surface area contributed by atoms with Crippen molar-refractivity contribution in [3.8, 4) is 17.1 Å². The summed E-state index contributed by atoms with van der Waals surface area (Å²) in [4.78, 5) is 0.735. The molecule has 3 heterocycles. The van der Waals surface area contributed by atoms with E-state index in [1.807, 2.05) is 50.2 Å². The van der Waals surface area contributed by atoms with Crippen LogP contribution in [-0.2, 0) is 0 Å². The highest BCUT2D eigenvalue weighted by molar-refractivity contribution is 7.16. The van der Waals surface area contributed by atoms with Crippen LogP contribution in [0.25, 0.3) is 16.3 Å². The van der Waals surface area contributed by atoms with Gasteiger partial charge in [-0.2, -0.15) is 9.61 Å². The monoisotopic (exact) mass is 326 g/mol. The fraction of sp³-hybridized carbons (Fsp3) is 0.188. The molecule has 0 N–H and O–H groups in total. The third kappa shape index (κ3) is 2.49. The first-order valence-electron chi connectivity index (χ1n) is 7.20. The van der Waals surface area contributed by atoms with E-state index in [0.29, 0.717) is 5.82 Å². The van der Waals surface area contributed by atoms with E-state index in [0.717, 1.165) is 27.0 Å². The molecule has 0 aliphatic heterocycles. The van der Waals surface area contributed by atoms with Crippen molar-refractivity contribution in [1.29, 1.82) is 0 Å². The van der Waals surface area contributed by atoms with Gasteiger partial charge in [-0.1, -0.05) is 29.5 Å². The van der Waals surface area contributed by atoms with Gasteiger partial charge in [0.1, 0.15) is 17.6 Å². The van der Waals surface area contributed by atoms with E-state index in [9.17, 15) is 0 Å². The SMILES string of the molecule is Cc1occc1-c1nnc2sc([C@@H](C)Oc3ccccc3)nn12. The standard InChI is InChI=1S/C16H14N4O2S/c1-10-13(8-9-21-10)14-17-18-16-20(14)19-15(23-16)11(2)22-12-6-4-3-5-7-12/h3-9,11H,1-2H3/t11-/m1/s1. The molecule has 1 atom stereocenters. The first-order valence-corrected chi connectivity index (χ1v) is 8.02. The Kier molecular flexibility index (Phi) is 3.34. The largest absolute Gasteiger partial charge is 0.483 e. The van der Waals surface area contributed by atoms with Gasteiger partial charge in [0.25, 0.3) is 0 Å². The molecule has 23 heavy (non-hydrogen) atoms. The Balaban J connectivity index is 1.67. The Labute approximate surface area is 136 Å². The van der Waals surface area contributed by atoms with Crippen molar-refractivity contribution in [1.82, 2.24) is 19.8 Å². The zero-order valence-electron chi connectivity index (χ0n) is 12.6. The normalized spacial score (nSPS) is 12.6. The number of nitrogens with zero attached hydrogens (tertiary/aromatic N) is 4. The van der Waals surface area contributed by atoms with Crippen molar-refractivity contribution in [2.45, 2.75) is 20.0 Å². The van der Waals surface area contributed by atoms with Gasteiger partial charge in [0.2, 0.25) is 4.96 Å². The molecule has 4 aromatic rings. The number of hydrogen-bond acceptors (Lipinski definition) is 6. The van der Waals surface area contributed by atoms with Gasteiger partial charge in [-0.05, 0) is 32.0 Å². The second-order valence-corrected chi connectivity index (χ2v) is 6.11. The first kappa shape index (κ1) is 14.0. The summed E-state index contributed by atoms with van der Waals surface area (Å²) in [5, 5.41) is 13.9. The number of aryl methyl sites for hydroxylation is 1. The van der Waals surface area contributed by atoms with Gasteiger partial charge in [-0.3, -0.25) is 0 Å². The molecule has 6 nitrogen and oxygen atoms in total. The molecule has 0 spiro atoms. The minimum Gasteiger partial charge on any atom is -0.483 e. The van der Waals surface area contributed by atoms with Gasteiger partial charge >= 0.3 is 0 Å². The lowest BCUT2D eigenvalue weighted by Gasteiger charge is -2.11. The van der Waals surface area contributed by atoms with Crippen molar-refractivity contribution in [2.75, 3.05) is 0 Å². The molecule has 3 aromatic heterocycles. The summed E-state index contributed by atoms with van der Waals surface area (Å²) < 4.78 is 13.0. The molecule has 0 bridgehead atoms. The molecule has 7 heteroatoms. The predicted molar refractivity (Wildman–Crippen MR) is 86.6 cm³/mol. The maximum absolute atomic E-state index is 5.92. The zero-order valence-corrected chi connectivity index (χ0v) is 13.4. The fourth-order valence-electron chi connectivity index (χ4n) is 2.33. The van der Waals surface area contributed by atoms with E-state index in [2.05, 4.69) is 15.3 Å². The van der Waals surface area contributed by atoms with Crippen LogP contribution in [0.5, 0.6) is 5.75 Å². The van der Waals surface area contributed by atoms with Crippen molar-refractivity contribution in [2.24, 2.45) is 0 Å². The molecule has 0 saturated heterocycles. The Hall–Kier alpha value is -2.67. The van der Waals surface area contributed by atoms with Crippen molar-refractivity contribution in [3.63, 3.8) is 0 Å². The summed E-state index contributed by atoms with van der Waals surface area (Å²) >= 11 is 1.47. The summed E-state index contributed by atoms with van der Waals surface area (Å²) in [5.74, 6) is 2.29. The molecule has 0 aliphatic carbocycles. The fourth-order valence-corrected chi connectivity index (χ4v) is 3.15. The summed E-state index contributed by atoms with van der Waals surface area (Å²) in [6.07, 6.45) is 1.47. The van der Waals surface area contributed by atoms with E-state index in [1.54, 1.807) is 10.8 Å². The first-order chi connectivity index (χ1) is 11.2. The van der Waals surface area contributed by atoms with Gasteiger partial charge in [0.05, 0.1) is 11.8 Å². The third-order valence-electron chi connectivity index (χ3n) is 3.51. The van der Waals surface area contributed by atoms with E-state index < -0.39 is 0 Å². The van der Waals surface area contributed by atoms with Crippen LogP contribution in [-0.4, -0.2) is 19.8 Å². The Morgan fingerprint density at radius 3 is 2.74 bits per heavy atom. The summed E-state index contributed by atoms with van der Waals surface area (Å²) in [6, 6.07) is 11.6. The summed E-state index contributed by atoms with van der Waals surface area (Å²) in [6.45, 7) is 3.87. The number of para-hydroxylation sites is 1. The Morgan fingerprint density at radius 2 is 2.00 bits per heavy atom. The smallest absolute Gasteiger partial charge is 0.235 e. The van der Waals surface area contributed by atoms with Crippen LogP contribution in [0.2, 0.25) is 0 Å². The molecule has 0 amide bonds. The van der Waals surface area contributed by atoms with Crippen molar-refractivity contribution >= 4 is 16.3 Å². The lowest BCUT2D eigenvalue weighted by atomic mass is 10.2. The molecular formula is C16H14N4O2S. The minimum atomic E-state index is -0.164. The minimum absolute atomic E-state index is 0.164. The number of aromatic nitrogens is 4. The molecule has 116 valence electrons. The van der Waals surface area contributed by atoms with Crippen LogP contribution >= 0.6 is 11.3 Å². The zero-order chi connectivity index (χ0) is 15.8. The van der Waals surface area contributed by atoms with E-state index >= 15 is 0 Å². The van der Waals surface area contributed by atoms with Crippen LogP contribution in [0.1, 0.15) is 23.8 Å². The number of ether oxygens (including phenoxy) is 1. The van der Waals surface area contributed by atoms with E-state index in [-0.39, 0.29) is 6.10 Å². The molecule has 0 fully saturated rings. The molecule has 0 radical (unpaired) electrons. The highest BCUT2D eigenvalue weighted by Gasteiger charge is 2.19. The van der Waals surface area contributed by atoms with Crippen LogP contribution in [0.3, 0.4) is 0 Å². The number of benzene rings is 1. The maximum Gasteiger partial charge on any atom is 0.235 e. The second-order valence-electron chi connectivity index (χ2n) is 5.12. The van der Waals surface area contributed by atoms with Crippen LogP contribution in [0.4, 0.5) is 0 Å². The van der Waals surface area contributed by atoms with Gasteiger partial charge in [0, 0.05) is 0 Å². The summed E-state index contributed by atoms with van der Waals surface area (Å²) in [5.41, 5.74) is 0.894. The Morgan fingerprint density at radius 1 is 1.17 bits per heavy atom. The number of furan rings is 1. The highest BCUT2D eigenvalue weighted by Crippen LogP contribution is 2.29. The number of fused-ring (bicyclic) bond motifs is 1. The lowest BCUT2D eigenvalue weighted by Crippen LogP contribution is -2.03. The van der Waals surface area contributed by atoms with E-state index in [4.69, 9.17) is 9.15 Å². The number of rotatable bonds is 4. The molecular weight excluding hydrogens is 312 g/mol. The van der Waals surface area contributed by atoms with Crippen molar-refractivity contribution in [3.05, 3.63) is 53.4 Å². The Bertz CT molecular complexity index is 941. The summed E-state index contributed by atoms with van der Waals surface area (Å²) in [7, 11) is 0. The van der Waals surface area contributed by atoms with Crippen LogP contribution in [0.15, 0.2) is 47.1 Å². The quantitative estimate of drug-likeness (QED) is 0.569. The van der Waals surface area contributed by atoms with Gasteiger partial charge < -0.3 is 9.15 Å². The molecule has 0 saturated carbocycles. The highest BCUT2D eigenvalue weighted by atomic mass is 32.1. The predicted octanol–water partition coefficient (Wildman–Crippen LogP) is 3.89. The average Bonchev–Trinajstić information content (AvgIpc) is 3.23. The average molecular weight is 326 g/mol. The van der Waals surface area contributed by atoms with Gasteiger partial charge in [-0.15, -0.1) is 10.2 Å². The number of hydrogen-bond donors (Lipinski definition) is 0. The third-order valence-corrected chi connectivity index (χ3v) is 4.57. The van der Waals surface area contributed by atoms with Crippen molar-refractivity contribution < 1.29 is 9.15 Å². The van der Waals surface area contributed by atoms with Gasteiger partial charge in [0.15, 0.2) is 10.8 Å². The van der Waals surface area contributed by atoms with E-state index in [1.165, 1.54) is 11.3 Å². The van der Waals surface area contributed by atoms with Crippen LogP contribution < -0.4 is 4.74 Å². The topological polar surface area (TPSA) is 65.5 Å². The lowest BCUT2D eigenvalue weighted by molar-refractivity contribution is 0.225. The molecule has 0 unspecified atom stereocenters.